The lowest BCUT2D eigenvalue weighted by Gasteiger charge is -2.32. The molecule has 0 bridgehead atoms. The molecule has 2 atom stereocenters. The van der Waals surface area contributed by atoms with E-state index in [2.05, 4.69) is 29.1 Å². The molecule has 0 aliphatic carbocycles. The number of nitrogens with zero attached hydrogens (tertiary/aromatic N) is 2. The summed E-state index contributed by atoms with van der Waals surface area (Å²) < 4.78 is 0. The number of hydrogen-bond acceptors (Lipinski definition) is 3. The van der Waals surface area contributed by atoms with Crippen molar-refractivity contribution in [2.24, 2.45) is 5.92 Å². The Labute approximate surface area is 93.8 Å². The van der Waals surface area contributed by atoms with Crippen LogP contribution in [0.3, 0.4) is 0 Å². The van der Waals surface area contributed by atoms with Gasteiger partial charge in [-0.2, -0.15) is 0 Å². The number of likely N-dealkylation sites (tertiary alicyclic amines) is 1. The number of hydrogen-bond donors (Lipinski definition) is 1. The average Bonchev–Trinajstić information content (AvgIpc) is 2.61. The maximum Gasteiger partial charge on any atom is 0.0130 e. The van der Waals surface area contributed by atoms with Gasteiger partial charge in [-0.3, -0.25) is 0 Å². The van der Waals surface area contributed by atoms with Gasteiger partial charge in [0.2, 0.25) is 0 Å². The van der Waals surface area contributed by atoms with E-state index in [4.69, 9.17) is 0 Å². The SMILES string of the molecule is CC[C@@H]1[C@@H](CN2CCNCC2)CCN1C. The van der Waals surface area contributed by atoms with Crippen molar-refractivity contribution in [2.75, 3.05) is 46.3 Å². The Bertz CT molecular complexity index is 189. The molecule has 15 heavy (non-hydrogen) atoms. The van der Waals surface area contributed by atoms with Crippen LogP contribution in [0, 0.1) is 5.92 Å². The van der Waals surface area contributed by atoms with Crippen molar-refractivity contribution >= 4 is 0 Å². The minimum absolute atomic E-state index is 0.833. The summed E-state index contributed by atoms with van der Waals surface area (Å²) in [5.41, 5.74) is 0. The van der Waals surface area contributed by atoms with Crippen LogP contribution in [0.1, 0.15) is 19.8 Å². The average molecular weight is 211 g/mol. The van der Waals surface area contributed by atoms with E-state index in [0.717, 1.165) is 12.0 Å². The highest BCUT2D eigenvalue weighted by Crippen LogP contribution is 2.26. The molecule has 2 aliphatic heterocycles. The van der Waals surface area contributed by atoms with Crippen LogP contribution in [0.4, 0.5) is 0 Å². The largest absolute Gasteiger partial charge is 0.314 e. The van der Waals surface area contributed by atoms with E-state index < -0.39 is 0 Å². The zero-order chi connectivity index (χ0) is 10.7. The first kappa shape index (κ1) is 11.4. The van der Waals surface area contributed by atoms with E-state index in [-0.39, 0.29) is 0 Å². The predicted molar refractivity (Wildman–Crippen MR) is 64.1 cm³/mol. The second kappa shape index (κ2) is 5.28. The highest BCUT2D eigenvalue weighted by Gasteiger charge is 2.31. The van der Waals surface area contributed by atoms with Gasteiger partial charge < -0.3 is 15.1 Å². The highest BCUT2D eigenvalue weighted by atomic mass is 15.2. The fraction of sp³-hybridized carbons (Fsp3) is 1.00. The van der Waals surface area contributed by atoms with Crippen LogP contribution in [0.5, 0.6) is 0 Å². The molecule has 2 heterocycles. The lowest BCUT2D eigenvalue weighted by molar-refractivity contribution is 0.174. The van der Waals surface area contributed by atoms with Crippen LogP contribution in [-0.2, 0) is 0 Å². The Morgan fingerprint density at radius 3 is 2.60 bits per heavy atom. The smallest absolute Gasteiger partial charge is 0.0130 e. The van der Waals surface area contributed by atoms with Gasteiger partial charge in [-0.1, -0.05) is 6.92 Å². The summed E-state index contributed by atoms with van der Waals surface area (Å²) in [4.78, 5) is 5.19. The summed E-state index contributed by atoms with van der Waals surface area (Å²) >= 11 is 0. The van der Waals surface area contributed by atoms with Crippen molar-refractivity contribution in [2.45, 2.75) is 25.8 Å². The van der Waals surface area contributed by atoms with Crippen molar-refractivity contribution in [3.63, 3.8) is 0 Å². The van der Waals surface area contributed by atoms with Gasteiger partial charge in [0, 0.05) is 38.8 Å². The van der Waals surface area contributed by atoms with Crippen molar-refractivity contribution in [1.82, 2.24) is 15.1 Å². The molecule has 0 amide bonds. The molecular weight excluding hydrogens is 186 g/mol. The van der Waals surface area contributed by atoms with Gasteiger partial charge in [0.1, 0.15) is 0 Å². The Morgan fingerprint density at radius 2 is 1.93 bits per heavy atom. The molecule has 0 spiro atoms. The van der Waals surface area contributed by atoms with Gasteiger partial charge >= 0.3 is 0 Å². The molecular formula is C12H25N3. The lowest BCUT2D eigenvalue weighted by Crippen LogP contribution is -2.46. The van der Waals surface area contributed by atoms with E-state index in [9.17, 15) is 0 Å². The number of piperazine rings is 1. The second-order valence-electron chi connectivity index (χ2n) is 5.06. The summed E-state index contributed by atoms with van der Waals surface area (Å²) in [7, 11) is 2.28. The summed E-state index contributed by atoms with van der Waals surface area (Å²) in [5, 5.41) is 3.42. The summed E-state index contributed by atoms with van der Waals surface area (Å²) in [6.45, 7) is 9.81. The minimum Gasteiger partial charge on any atom is -0.314 e. The molecule has 0 aromatic heterocycles. The highest BCUT2D eigenvalue weighted by molar-refractivity contribution is 4.86. The lowest BCUT2D eigenvalue weighted by atomic mass is 9.97. The fourth-order valence-electron chi connectivity index (χ4n) is 3.17. The van der Waals surface area contributed by atoms with E-state index in [0.29, 0.717) is 0 Å². The monoisotopic (exact) mass is 211 g/mol. The van der Waals surface area contributed by atoms with Gasteiger partial charge in [-0.15, -0.1) is 0 Å². The van der Waals surface area contributed by atoms with Crippen LogP contribution in [0.15, 0.2) is 0 Å². The molecule has 2 rings (SSSR count). The van der Waals surface area contributed by atoms with E-state index in [1.54, 1.807) is 0 Å². The van der Waals surface area contributed by atoms with Gasteiger partial charge in [-0.05, 0) is 32.4 Å². The minimum atomic E-state index is 0.833. The molecule has 2 aliphatic rings. The van der Waals surface area contributed by atoms with Gasteiger partial charge in [0.25, 0.3) is 0 Å². The summed E-state index contributed by atoms with van der Waals surface area (Å²) in [6, 6.07) is 0.833. The maximum absolute atomic E-state index is 3.42. The molecule has 2 saturated heterocycles. The van der Waals surface area contributed by atoms with E-state index in [1.165, 1.54) is 52.1 Å². The van der Waals surface area contributed by atoms with E-state index >= 15 is 0 Å². The Hall–Kier alpha value is -0.120. The number of rotatable bonds is 3. The van der Waals surface area contributed by atoms with Crippen molar-refractivity contribution in [3.05, 3.63) is 0 Å². The van der Waals surface area contributed by atoms with Crippen LogP contribution >= 0.6 is 0 Å². The molecule has 3 nitrogen and oxygen atoms in total. The summed E-state index contributed by atoms with van der Waals surface area (Å²) in [5.74, 6) is 0.915. The van der Waals surface area contributed by atoms with Crippen molar-refractivity contribution in [1.29, 1.82) is 0 Å². The van der Waals surface area contributed by atoms with Gasteiger partial charge in [-0.25, -0.2) is 0 Å². The van der Waals surface area contributed by atoms with Gasteiger partial charge in [0.15, 0.2) is 0 Å². The third-order valence-corrected chi connectivity index (χ3v) is 4.08. The zero-order valence-electron chi connectivity index (χ0n) is 10.2. The quantitative estimate of drug-likeness (QED) is 0.738. The van der Waals surface area contributed by atoms with Crippen LogP contribution < -0.4 is 5.32 Å². The molecule has 0 aromatic carbocycles. The van der Waals surface area contributed by atoms with Crippen LogP contribution in [0.25, 0.3) is 0 Å². The Balaban J connectivity index is 1.82. The molecule has 0 radical (unpaired) electrons. The first-order valence-corrected chi connectivity index (χ1v) is 6.44. The summed E-state index contributed by atoms with van der Waals surface area (Å²) in [6.07, 6.45) is 2.71. The molecule has 3 heteroatoms. The first-order chi connectivity index (χ1) is 7.31. The third-order valence-electron chi connectivity index (χ3n) is 4.08. The van der Waals surface area contributed by atoms with Crippen molar-refractivity contribution in [3.8, 4) is 0 Å². The molecule has 88 valence electrons. The number of nitrogens with one attached hydrogen (secondary N) is 1. The predicted octanol–water partition coefficient (Wildman–Crippen LogP) is 0.622. The zero-order valence-corrected chi connectivity index (χ0v) is 10.2. The molecule has 0 saturated carbocycles. The second-order valence-corrected chi connectivity index (χ2v) is 5.06. The standard InChI is InChI=1S/C12H25N3/c1-3-12-11(4-7-14(12)2)10-15-8-5-13-6-9-15/h11-13H,3-10H2,1-2H3/t11-,12-/m1/s1. The van der Waals surface area contributed by atoms with E-state index in [1.807, 2.05) is 0 Å². The Kier molecular flexibility index (Phi) is 4.00. The normalized spacial score (nSPS) is 34.8. The van der Waals surface area contributed by atoms with Crippen LogP contribution in [-0.4, -0.2) is 62.2 Å². The Morgan fingerprint density at radius 1 is 1.20 bits per heavy atom. The third kappa shape index (κ3) is 2.71. The fourth-order valence-corrected chi connectivity index (χ4v) is 3.17. The topological polar surface area (TPSA) is 18.5 Å². The molecule has 1 N–H and O–H groups in total. The van der Waals surface area contributed by atoms with Gasteiger partial charge in [0.05, 0.1) is 0 Å². The molecule has 0 aromatic rings. The van der Waals surface area contributed by atoms with Crippen molar-refractivity contribution < 1.29 is 0 Å². The van der Waals surface area contributed by atoms with Crippen LogP contribution in [0.2, 0.25) is 0 Å². The first-order valence-electron chi connectivity index (χ1n) is 6.44. The maximum atomic E-state index is 3.42. The molecule has 2 fully saturated rings. The molecule has 0 unspecified atom stereocenters.